The normalized spacial score (nSPS) is 16.2. The van der Waals surface area contributed by atoms with Crippen LogP contribution in [0.1, 0.15) is 19.8 Å². The molecule has 0 aliphatic carbocycles. The van der Waals surface area contributed by atoms with Gasteiger partial charge in [0.25, 0.3) is 10.0 Å². The van der Waals surface area contributed by atoms with Crippen LogP contribution in [0.25, 0.3) is 0 Å². The van der Waals surface area contributed by atoms with Crippen molar-refractivity contribution in [1.82, 2.24) is 9.97 Å². The van der Waals surface area contributed by atoms with Crippen molar-refractivity contribution in [2.24, 2.45) is 5.92 Å². The van der Waals surface area contributed by atoms with Crippen molar-refractivity contribution in [3.8, 4) is 0 Å². The molecule has 1 N–H and O–H groups in total. The SMILES string of the molecule is CC1CCN(c2ncc(NS(=O)(=O)c3ccc(I)cc3)cn2)CC1. The summed E-state index contributed by atoms with van der Waals surface area (Å²) in [5.41, 5.74) is 0.364. The molecule has 3 rings (SSSR count). The Morgan fingerprint density at radius 2 is 1.71 bits per heavy atom. The van der Waals surface area contributed by atoms with E-state index in [-0.39, 0.29) is 4.90 Å². The number of rotatable bonds is 4. The number of anilines is 2. The quantitative estimate of drug-likeness (QED) is 0.713. The average Bonchev–Trinajstić information content (AvgIpc) is 2.56. The molecule has 0 atom stereocenters. The number of nitrogens with zero attached hydrogens (tertiary/aromatic N) is 3. The van der Waals surface area contributed by atoms with E-state index in [1.54, 1.807) is 24.3 Å². The van der Waals surface area contributed by atoms with Gasteiger partial charge in [-0.25, -0.2) is 18.4 Å². The number of hydrogen-bond acceptors (Lipinski definition) is 5. The monoisotopic (exact) mass is 458 g/mol. The van der Waals surface area contributed by atoms with E-state index in [1.165, 1.54) is 12.4 Å². The van der Waals surface area contributed by atoms with E-state index in [1.807, 2.05) is 0 Å². The number of halogens is 1. The molecule has 1 aromatic heterocycles. The first-order valence-corrected chi connectivity index (χ1v) is 10.4. The van der Waals surface area contributed by atoms with Crippen LogP contribution in [-0.2, 0) is 10.0 Å². The Bertz CT molecular complexity index is 786. The number of piperidine rings is 1. The largest absolute Gasteiger partial charge is 0.341 e. The summed E-state index contributed by atoms with van der Waals surface area (Å²) in [6, 6.07) is 6.67. The molecule has 0 amide bonds. The topological polar surface area (TPSA) is 75.2 Å². The van der Waals surface area contributed by atoms with Gasteiger partial charge in [0.15, 0.2) is 0 Å². The van der Waals surface area contributed by atoms with Crippen LogP contribution in [0.4, 0.5) is 11.6 Å². The number of sulfonamides is 1. The van der Waals surface area contributed by atoms with E-state index in [0.717, 1.165) is 35.4 Å². The van der Waals surface area contributed by atoms with Crippen LogP contribution in [0.3, 0.4) is 0 Å². The number of hydrogen-bond donors (Lipinski definition) is 1. The third-order valence-corrected chi connectivity index (χ3v) is 6.20. The van der Waals surface area contributed by atoms with Gasteiger partial charge in [-0.1, -0.05) is 6.92 Å². The fraction of sp³-hybridized carbons (Fsp3) is 0.375. The highest BCUT2D eigenvalue weighted by Gasteiger charge is 2.19. The van der Waals surface area contributed by atoms with Gasteiger partial charge in [0.05, 0.1) is 23.0 Å². The van der Waals surface area contributed by atoms with Gasteiger partial charge < -0.3 is 4.90 Å². The molecule has 1 fully saturated rings. The maximum atomic E-state index is 12.4. The zero-order valence-corrected chi connectivity index (χ0v) is 16.3. The minimum absolute atomic E-state index is 0.219. The Balaban J connectivity index is 1.70. The maximum Gasteiger partial charge on any atom is 0.261 e. The van der Waals surface area contributed by atoms with Crippen molar-refractivity contribution in [3.05, 3.63) is 40.2 Å². The van der Waals surface area contributed by atoms with Gasteiger partial charge in [-0.3, -0.25) is 4.72 Å². The summed E-state index contributed by atoms with van der Waals surface area (Å²) in [6.45, 7) is 4.13. The van der Waals surface area contributed by atoms with E-state index in [9.17, 15) is 8.42 Å². The van der Waals surface area contributed by atoms with Crippen LogP contribution in [0, 0.1) is 9.49 Å². The molecule has 2 aromatic rings. The van der Waals surface area contributed by atoms with Crippen molar-refractivity contribution in [2.75, 3.05) is 22.7 Å². The number of aromatic nitrogens is 2. The first-order valence-electron chi connectivity index (χ1n) is 7.79. The highest BCUT2D eigenvalue weighted by molar-refractivity contribution is 14.1. The van der Waals surface area contributed by atoms with Gasteiger partial charge >= 0.3 is 0 Å². The van der Waals surface area contributed by atoms with E-state index >= 15 is 0 Å². The summed E-state index contributed by atoms with van der Waals surface area (Å²) < 4.78 is 28.2. The molecule has 2 heterocycles. The Kier molecular flexibility index (Phi) is 5.24. The van der Waals surface area contributed by atoms with Gasteiger partial charge in [-0.15, -0.1) is 0 Å². The fourth-order valence-electron chi connectivity index (χ4n) is 2.57. The van der Waals surface area contributed by atoms with Gasteiger partial charge in [0, 0.05) is 16.7 Å². The average molecular weight is 458 g/mol. The molecule has 0 radical (unpaired) electrons. The summed E-state index contributed by atoms with van der Waals surface area (Å²) in [6.07, 6.45) is 5.30. The highest BCUT2D eigenvalue weighted by atomic mass is 127. The molecule has 0 spiro atoms. The Hall–Kier alpha value is -1.42. The van der Waals surface area contributed by atoms with Gasteiger partial charge in [-0.05, 0) is 65.6 Å². The molecular weight excluding hydrogens is 439 g/mol. The Morgan fingerprint density at radius 3 is 2.29 bits per heavy atom. The van der Waals surface area contributed by atoms with Crippen LogP contribution < -0.4 is 9.62 Å². The molecule has 0 saturated carbocycles. The summed E-state index contributed by atoms with van der Waals surface area (Å²) in [7, 11) is -3.62. The van der Waals surface area contributed by atoms with Crippen LogP contribution in [0.5, 0.6) is 0 Å². The third kappa shape index (κ3) is 4.15. The zero-order chi connectivity index (χ0) is 17.2. The van der Waals surface area contributed by atoms with Crippen LogP contribution in [-0.4, -0.2) is 31.5 Å². The molecule has 128 valence electrons. The predicted molar refractivity (Wildman–Crippen MR) is 103 cm³/mol. The molecule has 0 unspecified atom stereocenters. The van der Waals surface area contributed by atoms with Gasteiger partial charge in [0.2, 0.25) is 5.95 Å². The molecule has 1 aromatic carbocycles. The standard InChI is InChI=1S/C16H19IN4O2S/c1-12-6-8-21(9-7-12)16-18-10-14(11-19-16)20-24(22,23)15-4-2-13(17)3-5-15/h2-5,10-12,20H,6-9H2,1H3. The lowest BCUT2D eigenvalue weighted by Gasteiger charge is -2.30. The second-order valence-corrected chi connectivity index (χ2v) is 8.93. The molecule has 1 aliphatic heterocycles. The van der Waals surface area contributed by atoms with Crippen molar-refractivity contribution < 1.29 is 8.42 Å². The molecule has 1 saturated heterocycles. The first-order chi connectivity index (χ1) is 11.4. The lowest BCUT2D eigenvalue weighted by atomic mass is 10.00. The predicted octanol–water partition coefficient (Wildman–Crippen LogP) is 3.12. The van der Waals surface area contributed by atoms with E-state index in [4.69, 9.17) is 0 Å². The second-order valence-electron chi connectivity index (χ2n) is 6.00. The lowest BCUT2D eigenvalue weighted by Crippen LogP contribution is -2.34. The molecule has 24 heavy (non-hydrogen) atoms. The van der Waals surface area contributed by atoms with Gasteiger partial charge in [-0.2, -0.15) is 0 Å². The van der Waals surface area contributed by atoms with Crippen LogP contribution in [0.15, 0.2) is 41.6 Å². The van der Waals surface area contributed by atoms with Crippen LogP contribution >= 0.6 is 22.6 Å². The minimum Gasteiger partial charge on any atom is -0.341 e. The first kappa shape index (κ1) is 17.4. The van der Waals surface area contributed by atoms with Crippen molar-refractivity contribution in [1.29, 1.82) is 0 Å². The van der Waals surface area contributed by atoms with E-state index in [2.05, 4.69) is 49.1 Å². The van der Waals surface area contributed by atoms with Crippen molar-refractivity contribution in [2.45, 2.75) is 24.7 Å². The highest BCUT2D eigenvalue weighted by Crippen LogP contribution is 2.21. The molecule has 6 nitrogen and oxygen atoms in total. The van der Waals surface area contributed by atoms with Crippen molar-refractivity contribution in [3.63, 3.8) is 0 Å². The van der Waals surface area contributed by atoms with Gasteiger partial charge in [0.1, 0.15) is 0 Å². The molecule has 0 bridgehead atoms. The minimum atomic E-state index is -3.62. The second kappa shape index (κ2) is 7.22. The molecular formula is C16H19IN4O2S. The Labute approximate surface area is 155 Å². The Morgan fingerprint density at radius 1 is 1.12 bits per heavy atom. The number of nitrogens with one attached hydrogen (secondary N) is 1. The summed E-state index contributed by atoms with van der Waals surface area (Å²) in [5, 5.41) is 0. The smallest absolute Gasteiger partial charge is 0.261 e. The molecule has 8 heteroatoms. The third-order valence-electron chi connectivity index (χ3n) is 4.08. The summed E-state index contributed by atoms with van der Waals surface area (Å²) in [4.78, 5) is 11.0. The van der Waals surface area contributed by atoms with Crippen molar-refractivity contribution >= 4 is 44.2 Å². The van der Waals surface area contributed by atoms with E-state index < -0.39 is 10.0 Å². The lowest BCUT2D eigenvalue weighted by molar-refractivity contribution is 0.434. The molecule has 1 aliphatic rings. The fourth-order valence-corrected chi connectivity index (χ4v) is 3.96. The number of benzene rings is 1. The summed E-state index contributed by atoms with van der Waals surface area (Å²) in [5.74, 6) is 1.39. The zero-order valence-electron chi connectivity index (χ0n) is 13.3. The van der Waals surface area contributed by atoms with Crippen LogP contribution in [0.2, 0.25) is 0 Å². The summed E-state index contributed by atoms with van der Waals surface area (Å²) >= 11 is 2.13. The maximum absolute atomic E-state index is 12.4. The van der Waals surface area contributed by atoms with E-state index in [0.29, 0.717) is 11.6 Å².